The highest BCUT2D eigenvalue weighted by Crippen LogP contribution is 2.05. The Hall–Kier alpha value is -1.51. The standard InChI is InChI=1S/C16H27NO2/c1-4-5-11-14-19-16(3)17-13-10-8-6-7-9-12-15(2)18/h4-5,11,17H,1,3,6-10,12-14H2,2H3/b11-5+. The van der Waals surface area contributed by atoms with Crippen molar-refractivity contribution in [3.05, 3.63) is 37.3 Å². The fourth-order valence-corrected chi connectivity index (χ4v) is 1.61. The van der Waals surface area contributed by atoms with Gasteiger partial charge >= 0.3 is 0 Å². The molecule has 19 heavy (non-hydrogen) atoms. The fraction of sp³-hybridized carbons (Fsp3) is 0.562. The molecule has 0 saturated heterocycles. The van der Waals surface area contributed by atoms with Gasteiger partial charge in [0, 0.05) is 13.0 Å². The Labute approximate surface area is 117 Å². The molecule has 0 bridgehead atoms. The molecule has 0 saturated carbocycles. The minimum Gasteiger partial charge on any atom is -0.476 e. The summed E-state index contributed by atoms with van der Waals surface area (Å²) in [6.45, 7) is 10.4. The van der Waals surface area contributed by atoms with Crippen LogP contribution in [0.15, 0.2) is 37.3 Å². The smallest absolute Gasteiger partial charge is 0.179 e. The van der Waals surface area contributed by atoms with E-state index in [9.17, 15) is 4.79 Å². The minimum atomic E-state index is 0.292. The Morgan fingerprint density at radius 1 is 1.21 bits per heavy atom. The van der Waals surface area contributed by atoms with Gasteiger partial charge in [-0.15, -0.1) is 0 Å². The van der Waals surface area contributed by atoms with Crippen molar-refractivity contribution in [1.82, 2.24) is 5.32 Å². The van der Waals surface area contributed by atoms with E-state index in [0.29, 0.717) is 18.3 Å². The molecule has 0 aromatic carbocycles. The van der Waals surface area contributed by atoms with Crippen LogP contribution in [0.5, 0.6) is 0 Å². The molecular weight excluding hydrogens is 238 g/mol. The lowest BCUT2D eigenvalue weighted by Crippen LogP contribution is -2.16. The number of carbonyl (C=O) groups excluding carboxylic acids is 1. The van der Waals surface area contributed by atoms with Crippen molar-refractivity contribution in [3.8, 4) is 0 Å². The van der Waals surface area contributed by atoms with Gasteiger partial charge in [0.15, 0.2) is 5.88 Å². The Bertz CT molecular complexity index is 295. The van der Waals surface area contributed by atoms with Gasteiger partial charge in [-0.05, 0) is 32.4 Å². The first-order valence-corrected chi connectivity index (χ1v) is 6.99. The fourth-order valence-electron chi connectivity index (χ4n) is 1.61. The highest BCUT2D eigenvalue weighted by atomic mass is 16.5. The minimum absolute atomic E-state index is 0.292. The number of ketones is 1. The highest BCUT2D eigenvalue weighted by molar-refractivity contribution is 5.75. The average Bonchev–Trinajstić information content (AvgIpc) is 2.37. The van der Waals surface area contributed by atoms with Crippen molar-refractivity contribution in [3.63, 3.8) is 0 Å². The Balaban J connectivity index is 3.25. The lowest BCUT2D eigenvalue weighted by molar-refractivity contribution is -0.117. The number of hydrogen-bond acceptors (Lipinski definition) is 3. The number of carbonyl (C=O) groups is 1. The van der Waals surface area contributed by atoms with Gasteiger partial charge in [0.05, 0.1) is 0 Å². The van der Waals surface area contributed by atoms with E-state index in [4.69, 9.17) is 4.74 Å². The number of nitrogens with one attached hydrogen (secondary N) is 1. The number of Topliss-reactive ketones (excluding diaryl/α,β-unsaturated/α-hetero) is 1. The van der Waals surface area contributed by atoms with E-state index in [1.54, 1.807) is 13.0 Å². The van der Waals surface area contributed by atoms with E-state index in [1.807, 2.05) is 12.2 Å². The second-order valence-electron chi connectivity index (χ2n) is 4.54. The van der Waals surface area contributed by atoms with Crippen LogP contribution in [0.4, 0.5) is 0 Å². The first-order chi connectivity index (χ1) is 9.16. The topological polar surface area (TPSA) is 38.3 Å². The zero-order chi connectivity index (χ0) is 14.3. The molecule has 108 valence electrons. The molecular formula is C16H27NO2. The molecule has 0 spiro atoms. The lowest BCUT2D eigenvalue weighted by Gasteiger charge is -2.09. The molecule has 0 aliphatic carbocycles. The molecule has 3 nitrogen and oxygen atoms in total. The van der Waals surface area contributed by atoms with Crippen molar-refractivity contribution < 1.29 is 9.53 Å². The zero-order valence-electron chi connectivity index (χ0n) is 12.1. The molecule has 0 aliphatic rings. The van der Waals surface area contributed by atoms with Crippen LogP contribution in [-0.4, -0.2) is 18.9 Å². The summed E-state index contributed by atoms with van der Waals surface area (Å²) >= 11 is 0. The maximum absolute atomic E-state index is 10.7. The molecule has 0 radical (unpaired) electrons. The van der Waals surface area contributed by atoms with E-state index in [-0.39, 0.29) is 0 Å². The molecule has 0 aromatic rings. The molecule has 0 unspecified atom stereocenters. The second kappa shape index (κ2) is 12.9. The van der Waals surface area contributed by atoms with Crippen LogP contribution in [0.3, 0.4) is 0 Å². The SMILES string of the molecule is C=C/C=C/COC(=C)NCCCCCCCC(C)=O. The normalized spacial score (nSPS) is 10.4. The second-order valence-corrected chi connectivity index (χ2v) is 4.54. The zero-order valence-corrected chi connectivity index (χ0v) is 12.1. The molecule has 0 aromatic heterocycles. The van der Waals surface area contributed by atoms with Crippen molar-refractivity contribution >= 4 is 5.78 Å². The van der Waals surface area contributed by atoms with E-state index in [0.717, 1.165) is 32.2 Å². The van der Waals surface area contributed by atoms with E-state index in [1.165, 1.54) is 12.8 Å². The van der Waals surface area contributed by atoms with Crippen LogP contribution in [0.2, 0.25) is 0 Å². The summed E-state index contributed by atoms with van der Waals surface area (Å²) in [5, 5.41) is 3.14. The quantitative estimate of drug-likeness (QED) is 0.313. The number of allylic oxidation sites excluding steroid dienone is 2. The van der Waals surface area contributed by atoms with Gasteiger partial charge in [0.2, 0.25) is 0 Å². The molecule has 1 N–H and O–H groups in total. The number of unbranched alkanes of at least 4 members (excludes halogenated alkanes) is 4. The van der Waals surface area contributed by atoms with Gasteiger partial charge in [-0.2, -0.15) is 0 Å². The first-order valence-electron chi connectivity index (χ1n) is 6.99. The number of ether oxygens (including phenoxy) is 1. The van der Waals surface area contributed by atoms with Crippen molar-refractivity contribution in [2.24, 2.45) is 0 Å². The first kappa shape index (κ1) is 17.5. The third kappa shape index (κ3) is 14.4. The van der Waals surface area contributed by atoms with Crippen LogP contribution in [0.1, 0.15) is 45.4 Å². The van der Waals surface area contributed by atoms with Crippen LogP contribution in [0, 0.1) is 0 Å². The predicted octanol–water partition coefficient (Wildman–Crippen LogP) is 3.74. The maximum atomic E-state index is 10.7. The summed E-state index contributed by atoms with van der Waals surface area (Å²) in [7, 11) is 0. The van der Waals surface area contributed by atoms with E-state index >= 15 is 0 Å². The molecule has 3 heteroatoms. The summed E-state index contributed by atoms with van der Waals surface area (Å²) in [5.74, 6) is 0.908. The van der Waals surface area contributed by atoms with Crippen LogP contribution in [0.25, 0.3) is 0 Å². The van der Waals surface area contributed by atoms with E-state index in [2.05, 4.69) is 18.5 Å². The molecule has 0 atom stereocenters. The average molecular weight is 265 g/mol. The van der Waals surface area contributed by atoms with Crippen molar-refractivity contribution in [2.75, 3.05) is 13.2 Å². The van der Waals surface area contributed by atoms with Gasteiger partial charge in [-0.1, -0.05) is 38.0 Å². The Kier molecular flexibility index (Phi) is 11.9. The van der Waals surface area contributed by atoms with Crippen LogP contribution < -0.4 is 5.32 Å². The summed E-state index contributed by atoms with van der Waals surface area (Å²) in [6, 6.07) is 0. The third-order valence-electron chi connectivity index (χ3n) is 2.65. The van der Waals surface area contributed by atoms with E-state index < -0.39 is 0 Å². The largest absolute Gasteiger partial charge is 0.476 e. The molecule has 0 amide bonds. The summed E-state index contributed by atoms with van der Waals surface area (Å²) in [6.07, 6.45) is 11.8. The van der Waals surface area contributed by atoms with Crippen molar-refractivity contribution in [2.45, 2.75) is 45.4 Å². The van der Waals surface area contributed by atoms with Gasteiger partial charge in [-0.25, -0.2) is 0 Å². The summed E-state index contributed by atoms with van der Waals surface area (Å²) in [4.78, 5) is 10.7. The summed E-state index contributed by atoms with van der Waals surface area (Å²) in [5.41, 5.74) is 0. The predicted molar refractivity (Wildman–Crippen MR) is 80.8 cm³/mol. The Morgan fingerprint density at radius 2 is 1.89 bits per heavy atom. The van der Waals surface area contributed by atoms with Gasteiger partial charge in [-0.3, -0.25) is 0 Å². The lowest BCUT2D eigenvalue weighted by atomic mass is 10.1. The van der Waals surface area contributed by atoms with Crippen molar-refractivity contribution in [1.29, 1.82) is 0 Å². The molecule has 0 fully saturated rings. The van der Waals surface area contributed by atoms with Gasteiger partial charge in [0.1, 0.15) is 12.4 Å². The number of rotatable bonds is 13. The number of hydrogen-bond donors (Lipinski definition) is 1. The molecule has 0 rings (SSSR count). The Morgan fingerprint density at radius 3 is 2.58 bits per heavy atom. The van der Waals surface area contributed by atoms with Crippen LogP contribution in [-0.2, 0) is 9.53 Å². The summed E-state index contributed by atoms with van der Waals surface area (Å²) < 4.78 is 5.34. The van der Waals surface area contributed by atoms with Crippen LogP contribution >= 0.6 is 0 Å². The third-order valence-corrected chi connectivity index (χ3v) is 2.65. The molecule has 0 aliphatic heterocycles. The monoisotopic (exact) mass is 265 g/mol. The van der Waals surface area contributed by atoms with Gasteiger partial charge in [0.25, 0.3) is 0 Å². The van der Waals surface area contributed by atoms with Gasteiger partial charge < -0.3 is 14.8 Å². The highest BCUT2D eigenvalue weighted by Gasteiger charge is 1.95. The maximum Gasteiger partial charge on any atom is 0.179 e. The molecule has 0 heterocycles.